The fraction of sp³-hybridized carbons (Fsp3) is 0.407. The number of likely N-dealkylation sites (tertiary alicyclic amines) is 1. The van der Waals surface area contributed by atoms with E-state index in [1.165, 1.54) is 10.9 Å². The molecule has 1 saturated heterocycles. The second kappa shape index (κ2) is 10.1. The van der Waals surface area contributed by atoms with E-state index >= 15 is 4.39 Å². The fourth-order valence-corrected chi connectivity index (χ4v) is 5.00. The monoisotopic (exact) mass is 463 g/mol. The van der Waals surface area contributed by atoms with Gasteiger partial charge in [-0.15, -0.1) is 10.2 Å². The summed E-state index contributed by atoms with van der Waals surface area (Å²) in [7, 11) is 0. The van der Waals surface area contributed by atoms with Gasteiger partial charge in [0, 0.05) is 35.9 Å². The van der Waals surface area contributed by atoms with E-state index in [4.69, 9.17) is 0 Å². The number of hydrogen-bond acceptors (Lipinski definition) is 3. The van der Waals surface area contributed by atoms with E-state index in [0.29, 0.717) is 24.8 Å². The van der Waals surface area contributed by atoms with Crippen LogP contribution in [0.5, 0.6) is 0 Å². The Balaban J connectivity index is 1.09. The zero-order chi connectivity index (χ0) is 23.4. The van der Waals surface area contributed by atoms with Crippen LogP contribution in [-0.2, 0) is 6.42 Å². The molecule has 5 rings (SSSR count). The zero-order valence-corrected chi connectivity index (χ0v) is 19.3. The van der Waals surface area contributed by atoms with Crippen molar-refractivity contribution in [2.24, 2.45) is 0 Å². The second-order valence-corrected chi connectivity index (χ2v) is 9.43. The molecule has 7 heteroatoms. The van der Waals surface area contributed by atoms with E-state index < -0.39 is 11.8 Å². The second-order valence-electron chi connectivity index (χ2n) is 9.43. The Hall–Kier alpha value is -3.06. The standard InChI is InChI=1S/C27H31F2N5/c28-25(21-5-2-1-3-6-21)10-11-27(29)12-15-33(16-13-27)14-4-7-22-18-30-26-9-8-23(17-24(22)26)34-19-31-32-20-34/h1-3,5-6,8-9,17-20,25,30H,4,7,10-16H2. The highest BCUT2D eigenvalue weighted by molar-refractivity contribution is 5.85. The molecule has 0 aliphatic carbocycles. The van der Waals surface area contributed by atoms with Gasteiger partial charge in [0.15, 0.2) is 0 Å². The Bertz CT molecular complexity index is 1180. The minimum absolute atomic E-state index is 0.248. The summed E-state index contributed by atoms with van der Waals surface area (Å²) in [5.74, 6) is 0. The zero-order valence-electron chi connectivity index (χ0n) is 19.3. The number of halogens is 2. The molecular formula is C27H31F2N5. The first kappa shape index (κ1) is 22.7. The van der Waals surface area contributed by atoms with Crippen LogP contribution in [0.25, 0.3) is 16.6 Å². The number of aromatic nitrogens is 4. The molecule has 1 aliphatic heterocycles. The number of benzene rings is 2. The molecular weight excluding hydrogens is 432 g/mol. The largest absolute Gasteiger partial charge is 0.361 e. The van der Waals surface area contributed by atoms with Crippen LogP contribution >= 0.6 is 0 Å². The number of rotatable bonds is 9. The molecule has 1 N–H and O–H groups in total. The molecule has 1 aliphatic rings. The van der Waals surface area contributed by atoms with Crippen molar-refractivity contribution in [1.82, 2.24) is 24.6 Å². The molecule has 34 heavy (non-hydrogen) atoms. The number of fused-ring (bicyclic) bond motifs is 1. The van der Waals surface area contributed by atoms with E-state index in [-0.39, 0.29) is 6.42 Å². The molecule has 1 unspecified atom stereocenters. The Morgan fingerprint density at radius 1 is 1.03 bits per heavy atom. The molecule has 0 amide bonds. The van der Waals surface area contributed by atoms with Gasteiger partial charge < -0.3 is 9.88 Å². The van der Waals surface area contributed by atoms with Crippen LogP contribution in [0, 0.1) is 0 Å². The molecule has 2 aromatic carbocycles. The third kappa shape index (κ3) is 5.20. The van der Waals surface area contributed by atoms with Gasteiger partial charge in [-0.25, -0.2) is 8.78 Å². The van der Waals surface area contributed by atoms with Crippen molar-refractivity contribution in [2.45, 2.75) is 50.4 Å². The topological polar surface area (TPSA) is 49.7 Å². The van der Waals surface area contributed by atoms with Gasteiger partial charge in [-0.05, 0) is 74.4 Å². The predicted octanol–water partition coefficient (Wildman–Crippen LogP) is 5.98. The molecule has 1 atom stereocenters. The van der Waals surface area contributed by atoms with E-state index in [1.54, 1.807) is 24.8 Å². The average Bonchev–Trinajstić information content (AvgIpc) is 3.55. The van der Waals surface area contributed by atoms with Crippen LogP contribution in [0.2, 0.25) is 0 Å². The van der Waals surface area contributed by atoms with Crippen LogP contribution in [0.15, 0.2) is 67.4 Å². The highest BCUT2D eigenvalue weighted by Crippen LogP contribution is 2.35. The third-order valence-corrected chi connectivity index (χ3v) is 7.15. The molecule has 5 nitrogen and oxygen atoms in total. The Labute approximate surface area is 198 Å². The van der Waals surface area contributed by atoms with Crippen molar-refractivity contribution in [3.63, 3.8) is 0 Å². The van der Waals surface area contributed by atoms with Crippen LogP contribution < -0.4 is 0 Å². The van der Waals surface area contributed by atoms with Crippen LogP contribution in [0.1, 0.15) is 49.4 Å². The van der Waals surface area contributed by atoms with Gasteiger partial charge in [0.25, 0.3) is 0 Å². The van der Waals surface area contributed by atoms with Crippen molar-refractivity contribution < 1.29 is 8.78 Å². The molecule has 0 spiro atoms. The minimum atomic E-state index is -1.24. The SMILES string of the molecule is FC(CCC1(F)CCN(CCCc2c[nH]c3ccc(-n4cnnc4)cc23)CC1)c1ccccc1. The Kier molecular flexibility index (Phi) is 6.72. The summed E-state index contributed by atoms with van der Waals surface area (Å²) in [6.45, 7) is 2.43. The maximum atomic E-state index is 15.3. The van der Waals surface area contributed by atoms with Crippen molar-refractivity contribution in [3.8, 4) is 5.69 Å². The van der Waals surface area contributed by atoms with E-state index in [9.17, 15) is 4.39 Å². The summed E-state index contributed by atoms with van der Waals surface area (Å²) in [5, 5.41) is 8.99. The molecule has 3 heterocycles. The Morgan fingerprint density at radius 3 is 2.56 bits per heavy atom. The Morgan fingerprint density at radius 2 is 1.79 bits per heavy atom. The maximum absolute atomic E-state index is 15.3. The summed E-state index contributed by atoms with van der Waals surface area (Å²) >= 11 is 0. The van der Waals surface area contributed by atoms with Gasteiger partial charge in [-0.3, -0.25) is 4.57 Å². The van der Waals surface area contributed by atoms with E-state index in [2.05, 4.69) is 38.4 Å². The molecule has 0 radical (unpaired) electrons. The number of nitrogens with one attached hydrogen (secondary N) is 1. The number of alkyl halides is 2. The van der Waals surface area contributed by atoms with Crippen molar-refractivity contribution in [3.05, 3.63) is 78.5 Å². The molecule has 0 saturated carbocycles. The van der Waals surface area contributed by atoms with Crippen molar-refractivity contribution in [2.75, 3.05) is 19.6 Å². The van der Waals surface area contributed by atoms with Crippen molar-refractivity contribution >= 4 is 10.9 Å². The van der Waals surface area contributed by atoms with Crippen LogP contribution in [-0.4, -0.2) is 50.0 Å². The summed E-state index contributed by atoms with van der Waals surface area (Å²) < 4.78 is 31.7. The predicted molar refractivity (Wildman–Crippen MR) is 131 cm³/mol. The van der Waals surface area contributed by atoms with Crippen molar-refractivity contribution in [1.29, 1.82) is 0 Å². The van der Waals surface area contributed by atoms with Gasteiger partial charge in [0.05, 0.1) is 0 Å². The first-order valence-corrected chi connectivity index (χ1v) is 12.1. The summed E-state index contributed by atoms with van der Waals surface area (Å²) in [6, 6.07) is 15.4. The smallest absolute Gasteiger partial charge is 0.125 e. The third-order valence-electron chi connectivity index (χ3n) is 7.15. The summed E-state index contributed by atoms with van der Waals surface area (Å²) in [6.07, 6.45) is 7.89. The molecule has 2 aromatic heterocycles. The number of H-pyrrole nitrogens is 1. The first-order chi connectivity index (χ1) is 16.6. The van der Waals surface area contributed by atoms with E-state index in [0.717, 1.165) is 43.7 Å². The summed E-state index contributed by atoms with van der Waals surface area (Å²) in [4.78, 5) is 5.71. The van der Waals surface area contributed by atoms with Gasteiger partial charge >= 0.3 is 0 Å². The normalized spacial score (nSPS) is 17.2. The number of aryl methyl sites for hydroxylation is 1. The lowest BCUT2D eigenvalue weighted by Crippen LogP contribution is -2.42. The lowest BCUT2D eigenvalue weighted by atomic mass is 9.87. The summed E-state index contributed by atoms with van der Waals surface area (Å²) in [5.41, 5.74) is 2.85. The van der Waals surface area contributed by atoms with Gasteiger partial charge in [-0.2, -0.15) is 0 Å². The maximum Gasteiger partial charge on any atom is 0.125 e. The quantitative estimate of drug-likeness (QED) is 0.332. The highest BCUT2D eigenvalue weighted by Gasteiger charge is 2.34. The van der Waals surface area contributed by atoms with E-state index in [1.807, 2.05) is 28.8 Å². The molecule has 1 fully saturated rings. The lowest BCUT2D eigenvalue weighted by molar-refractivity contribution is 0.0427. The number of nitrogens with zero attached hydrogens (tertiary/aromatic N) is 4. The molecule has 4 aromatic rings. The first-order valence-electron chi connectivity index (χ1n) is 12.1. The average molecular weight is 464 g/mol. The van der Waals surface area contributed by atoms with Crippen LogP contribution in [0.3, 0.4) is 0 Å². The van der Waals surface area contributed by atoms with Crippen LogP contribution in [0.4, 0.5) is 8.78 Å². The molecule has 0 bridgehead atoms. The number of aromatic amines is 1. The minimum Gasteiger partial charge on any atom is -0.361 e. The van der Waals surface area contributed by atoms with Gasteiger partial charge in [0.2, 0.25) is 0 Å². The van der Waals surface area contributed by atoms with Gasteiger partial charge in [-0.1, -0.05) is 30.3 Å². The highest BCUT2D eigenvalue weighted by atomic mass is 19.1. The fourth-order valence-electron chi connectivity index (χ4n) is 5.00. The van der Waals surface area contributed by atoms with Gasteiger partial charge in [0.1, 0.15) is 24.5 Å². The lowest BCUT2D eigenvalue weighted by Gasteiger charge is -2.36. The number of hydrogen-bond donors (Lipinski definition) is 1. The molecule has 178 valence electrons. The number of piperidine rings is 1.